The SMILES string of the molecule is C=C/C=C\C1=C(C)OBO1.CC. The molecule has 0 aromatic carbocycles. The lowest BCUT2D eigenvalue weighted by molar-refractivity contribution is 0.416. The molecule has 12 heavy (non-hydrogen) atoms. The molecule has 0 aromatic rings. The summed E-state index contributed by atoms with van der Waals surface area (Å²) in [4.78, 5) is 0. The van der Waals surface area contributed by atoms with E-state index in [9.17, 15) is 0 Å². The van der Waals surface area contributed by atoms with Crippen LogP contribution in [0.4, 0.5) is 0 Å². The predicted molar refractivity (Wildman–Crippen MR) is 52.7 cm³/mol. The van der Waals surface area contributed by atoms with Gasteiger partial charge in [0, 0.05) is 0 Å². The van der Waals surface area contributed by atoms with E-state index in [4.69, 9.17) is 9.31 Å². The first kappa shape index (κ1) is 10.9. The first-order valence-corrected chi connectivity index (χ1v) is 4.10. The van der Waals surface area contributed by atoms with Gasteiger partial charge in [0.1, 0.15) is 11.5 Å². The van der Waals surface area contributed by atoms with Crippen LogP contribution in [-0.2, 0) is 9.31 Å². The van der Waals surface area contributed by atoms with Gasteiger partial charge in [-0.1, -0.05) is 32.6 Å². The maximum atomic E-state index is 5.09. The summed E-state index contributed by atoms with van der Waals surface area (Å²) in [6.45, 7) is 9.41. The fraction of sp³-hybridized carbons (Fsp3) is 0.333. The minimum atomic E-state index is 0.336. The molecule has 0 fully saturated rings. The molecule has 0 aliphatic carbocycles. The Kier molecular flexibility index (Phi) is 5.97. The van der Waals surface area contributed by atoms with E-state index < -0.39 is 0 Å². The number of hydrogen-bond acceptors (Lipinski definition) is 2. The molecule has 0 N–H and O–H groups in total. The zero-order chi connectivity index (χ0) is 9.40. The molecule has 0 bridgehead atoms. The number of hydrogen-bond donors (Lipinski definition) is 0. The van der Waals surface area contributed by atoms with Crippen molar-refractivity contribution in [3.05, 3.63) is 36.3 Å². The second kappa shape index (κ2) is 6.59. The largest absolute Gasteiger partial charge is 0.576 e. The van der Waals surface area contributed by atoms with Crippen LogP contribution in [-0.4, -0.2) is 7.69 Å². The van der Waals surface area contributed by atoms with Crippen LogP contribution in [0.2, 0.25) is 0 Å². The van der Waals surface area contributed by atoms with Crippen molar-refractivity contribution < 1.29 is 9.31 Å². The average Bonchev–Trinajstić information content (AvgIpc) is 2.51. The van der Waals surface area contributed by atoms with Crippen LogP contribution < -0.4 is 0 Å². The highest BCUT2D eigenvalue weighted by Crippen LogP contribution is 2.14. The molecule has 0 radical (unpaired) electrons. The number of allylic oxidation sites excluding steroid dienone is 4. The van der Waals surface area contributed by atoms with Crippen molar-refractivity contribution in [3.63, 3.8) is 0 Å². The van der Waals surface area contributed by atoms with Crippen molar-refractivity contribution in [2.45, 2.75) is 20.8 Å². The Morgan fingerprint density at radius 3 is 2.42 bits per heavy atom. The van der Waals surface area contributed by atoms with E-state index in [1.54, 1.807) is 6.08 Å². The normalized spacial score (nSPS) is 14.2. The van der Waals surface area contributed by atoms with Crippen molar-refractivity contribution in [1.29, 1.82) is 0 Å². The zero-order valence-corrected chi connectivity index (χ0v) is 7.96. The molecule has 0 saturated carbocycles. The van der Waals surface area contributed by atoms with Gasteiger partial charge in [-0.2, -0.15) is 0 Å². The Hall–Kier alpha value is -1.12. The van der Waals surface area contributed by atoms with Crippen molar-refractivity contribution in [2.75, 3.05) is 0 Å². The molecule has 1 aliphatic rings. The summed E-state index contributed by atoms with van der Waals surface area (Å²) in [5, 5.41) is 0. The molecule has 0 saturated heterocycles. The molecule has 1 heterocycles. The summed E-state index contributed by atoms with van der Waals surface area (Å²) in [5.74, 6) is 1.62. The third-order valence-electron chi connectivity index (χ3n) is 1.22. The van der Waals surface area contributed by atoms with Gasteiger partial charge < -0.3 is 9.31 Å². The van der Waals surface area contributed by atoms with E-state index in [2.05, 4.69) is 6.58 Å². The van der Waals surface area contributed by atoms with Gasteiger partial charge in [0.05, 0.1) is 0 Å². The molecule has 0 spiro atoms. The Labute approximate surface area is 74.9 Å². The summed E-state index contributed by atoms with van der Waals surface area (Å²) in [5.41, 5.74) is 0. The topological polar surface area (TPSA) is 18.5 Å². The maximum absolute atomic E-state index is 5.09. The summed E-state index contributed by atoms with van der Waals surface area (Å²) >= 11 is 0. The van der Waals surface area contributed by atoms with Crippen LogP contribution in [0, 0.1) is 0 Å². The van der Waals surface area contributed by atoms with Gasteiger partial charge in [-0.3, -0.25) is 0 Å². The molecule has 0 amide bonds. The van der Waals surface area contributed by atoms with E-state index >= 15 is 0 Å². The Morgan fingerprint density at radius 2 is 2.00 bits per heavy atom. The van der Waals surface area contributed by atoms with E-state index in [1.165, 1.54) is 0 Å². The van der Waals surface area contributed by atoms with Gasteiger partial charge in [-0.25, -0.2) is 0 Å². The van der Waals surface area contributed by atoms with Crippen molar-refractivity contribution in [2.24, 2.45) is 0 Å². The lowest BCUT2D eigenvalue weighted by Gasteiger charge is -1.91. The molecule has 0 atom stereocenters. The standard InChI is InChI=1S/C7H9BO2.C2H6/c1-3-4-5-7-6(2)9-8-10-7;1-2/h3-5,8H,1H2,2H3;1-2H3/b5-4-;. The first-order chi connectivity index (χ1) is 5.84. The van der Waals surface area contributed by atoms with Gasteiger partial charge in [-0.05, 0) is 13.0 Å². The van der Waals surface area contributed by atoms with E-state index in [1.807, 2.05) is 32.9 Å². The van der Waals surface area contributed by atoms with Gasteiger partial charge in [0.25, 0.3) is 0 Å². The van der Waals surface area contributed by atoms with Gasteiger partial charge in [0.15, 0.2) is 0 Å². The van der Waals surface area contributed by atoms with E-state index in [-0.39, 0.29) is 0 Å². The molecule has 0 aromatic heterocycles. The second-order valence-electron chi connectivity index (χ2n) is 1.92. The van der Waals surface area contributed by atoms with Crippen LogP contribution in [0.15, 0.2) is 36.3 Å². The Morgan fingerprint density at radius 1 is 1.33 bits per heavy atom. The molecular formula is C9H15BO2. The molecule has 1 rings (SSSR count). The van der Waals surface area contributed by atoms with Gasteiger partial charge in [0.2, 0.25) is 0 Å². The van der Waals surface area contributed by atoms with Crippen molar-refractivity contribution in [1.82, 2.24) is 0 Å². The monoisotopic (exact) mass is 166 g/mol. The molecule has 66 valence electrons. The smallest absolute Gasteiger partial charge is 0.529 e. The highest BCUT2D eigenvalue weighted by Gasteiger charge is 2.11. The quantitative estimate of drug-likeness (QED) is 0.462. The summed E-state index contributed by atoms with van der Waals surface area (Å²) in [7, 11) is 0.336. The zero-order valence-electron chi connectivity index (χ0n) is 7.96. The maximum Gasteiger partial charge on any atom is 0.576 e. The summed E-state index contributed by atoms with van der Waals surface area (Å²) < 4.78 is 10.1. The molecule has 3 heteroatoms. The van der Waals surface area contributed by atoms with E-state index in [0.29, 0.717) is 7.69 Å². The highest BCUT2D eigenvalue weighted by atomic mass is 16.6. The number of rotatable bonds is 2. The highest BCUT2D eigenvalue weighted by molar-refractivity contribution is 6.20. The predicted octanol–water partition coefficient (Wildman–Crippen LogP) is 2.30. The Bertz CT molecular complexity index is 195. The molecule has 0 unspecified atom stereocenters. The van der Waals surface area contributed by atoms with Crippen molar-refractivity contribution >= 4 is 7.69 Å². The van der Waals surface area contributed by atoms with E-state index in [0.717, 1.165) is 11.5 Å². The third-order valence-corrected chi connectivity index (χ3v) is 1.22. The minimum absolute atomic E-state index is 0.336. The van der Waals surface area contributed by atoms with Crippen LogP contribution >= 0.6 is 0 Å². The molecule has 2 nitrogen and oxygen atoms in total. The lowest BCUT2D eigenvalue weighted by Crippen LogP contribution is -1.87. The minimum Gasteiger partial charge on any atom is -0.529 e. The first-order valence-electron chi connectivity index (χ1n) is 4.10. The summed E-state index contributed by atoms with van der Waals surface area (Å²) in [6, 6.07) is 0. The summed E-state index contributed by atoms with van der Waals surface area (Å²) in [6.07, 6.45) is 5.34. The van der Waals surface area contributed by atoms with Crippen LogP contribution in [0.3, 0.4) is 0 Å². The fourth-order valence-electron chi connectivity index (χ4n) is 0.675. The van der Waals surface area contributed by atoms with Crippen molar-refractivity contribution in [3.8, 4) is 0 Å². The molecule has 1 aliphatic heterocycles. The third kappa shape index (κ3) is 3.33. The van der Waals surface area contributed by atoms with Crippen LogP contribution in [0.1, 0.15) is 20.8 Å². The van der Waals surface area contributed by atoms with Gasteiger partial charge in [-0.15, -0.1) is 0 Å². The average molecular weight is 166 g/mol. The lowest BCUT2D eigenvalue weighted by atomic mass is 10.4. The van der Waals surface area contributed by atoms with Crippen LogP contribution in [0.25, 0.3) is 0 Å². The Balaban J connectivity index is 0.000000561. The second-order valence-corrected chi connectivity index (χ2v) is 1.92. The fourth-order valence-corrected chi connectivity index (χ4v) is 0.675. The van der Waals surface area contributed by atoms with Gasteiger partial charge >= 0.3 is 7.69 Å². The van der Waals surface area contributed by atoms with Crippen LogP contribution in [0.5, 0.6) is 0 Å². The molecular weight excluding hydrogens is 151 g/mol.